The molecule has 1 aromatic heterocycles. The van der Waals surface area contributed by atoms with Gasteiger partial charge in [0.25, 0.3) is 5.91 Å². The van der Waals surface area contributed by atoms with Crippen LogP contribution in [0.15, 0.2) is 18.2 Å². The zero-order valence-corrected chi connectivity index (χ0v) is 18.3. The number of hydrogen-bond donors (Lipinski definition) is 2. The minimum absolute atomic E-state index is 0. The molecule has 0 bridgehead atoms. The first-order chi connectivity index (χ1) is 12.9. The Morgan fingerprint density at radius 2 is 2.04 bits per heavy atom. The number of nitrogens with two attached hydrogens (primary N) is 1. The van der Waals surface area contributed by atoms with E-state index in [0.717, 1.165) is 54.0 Å². The van der Waals surface area contributed by atoms with Gasteiger partial charge < -0.3 is 11.1 Å². The summed E-state index contributed by atoms with van der Waals surface area (Å²) in [5.41, 5.74) is 10.4. The number of nitrogens with zero attached hydrogens (tertiary/aromatic N) is 1. The fourth-order valence-corrected chi connectivity index (χ4v) is 5.01. The number of carbonyl (C=O) groups is 2. The first kappa shape index (κ1) is 22.4. The zero-order valence-electron chi connectivity index (χ0n) is 16.6. The number of fused-ring (bicyclic) bond motifs is 1. The highest BCUT2D eigenvalue weighted by Crippen LogP contribution is 2.37. The molecule has 0 radical (unpaired) electrons. The molecule has 0 saturated heterocycles. The summed E-state index contributed by atoms with van der Waals surface area (Å²) in [6.45, 7) is 8.99. The Morgan fingerprint density at radius 1 is 1.29 bits per heavy atom. The lowest BCUT2D eigenvalue weighted by Gasteiger charge is -2.26. The van der Waals surface area contributed by atoms with Gasteiger partial charge in [-0.15, -0.1) is 23.7 Å². The van der Waals surface area contributed by atoms with E-state index in [1.54, 1.807) is 0 Å². The molecular weight excluding hydrogens is 394 g/mol. The summed E-state index contributed by atoms with van der Waals surface area (Å²) in [5, 5.41) is 3.54. The lowest BCUT2D eigenvalue weighted by Crippen LogP contribution is -2.31. The van der Waals surface area contributed by atoms with E-state index in [2.05, 4.69) is 23.2 Å². The molecule has 0 saturated carbocycles. The third-order valence-corrected chi connectivity index (χ3v) is 6.16. The highest BCUT2D eigenvalue weighted by atomic mass is 35.5. The summed E-state index contributed by atoms with van der Waals surface area (Å²) < 4.78 is 0. The average Bonchev–Trinajstić information content (AvgIpc) is 2.94. The van der Waals surface area contributed by atoms with E-state index in [1.165, 1.54) is 16.9 Å². The maximum absolute atomic E-state index is 12.6. The molecular formula is C21H28ClN3O2S. The van der Waals surface area contributed by atoms with E-state index >= 15 is 0 Å². The van der Waals surface area contributed by atoms with E-state index in [0.29, 0.717) is 10.6 Å². The zero-order chi connectivity index (χ0) is 19.6. The quantitative estimate of drug-likeness (QED) is 0.744. The molecule has 2 aromatic rings. The van der Waals surface area contributed by atoms with Crippen molar-refractivity contribution in [2.75, 3.05) is 18.4 Å². The predicted octanol–water partition coefficient (Wildman–Crippen LogP) is 3.83. The standard InChI is InChI=1S/C21H27N3O2S.ClH/c1-4-8-24-9-7-16-17(12-24)27-21(19(16)20(22)26)23-18(25)11-15-6-5-13(2)10-14(15)3;/h5-6,10H,4,7-9,11-12H2,1-3H3,(H2,22,26)(H,23,25);1H. The van der Waals surface area contributed by atoms with Crippen LogP contribution in [-0.4, -0.2) is 29.8 Å². The number of nitrogens with one attached hydrogen (secondary N) is 1. The van der Waals surface area contributed by atoms with Crippen LogP contribution in [0.2, 0.25) is 0 Å². The molecule has 5 nitrogen and oxygen atoms in total. The molecule has 1 aliphatic rings. The van der Waals surface area contributed by atoms with Crippen molar-refractivity contribution in [2.45, 2.75) is 46.6 Å². The monoisotopic (exact) mass is 421 g/mol. The van der Waals surface area contributed by atoms with Crippen molar-refractivity contribution in [1.29, 1.82) is 0 Å². The van der Waals surface area contributed by atoms with E-state index in [9.17, 15) is 9.59 Å². The molecule has 7 heteroatoms. The number of anilines is 1. The van der Waals surface area contributed by atoms with Crippen molar-refractivity contribution in [2.24, 2.45) is 5.73 Å². The molecule has 0 fully saturated rings. The van der Waals surface area contributed by atoms with Crippen LogP contribution in [0, 0.1) is 13.8 Å². The number of thiophene rings is 1. The second-order valence-electron chi connectivity index (χ2n) is 7.25. The van der Waals surface area contributed by atoms with Gasteiger partial charge in [-0.05, 0) is 49.9 Å². The van der Waals surface area contributed by atoms with Crippen LogP contribution in [0.4, 0.5) is 5.00 Å². The molecule has 0 unspecified atom stereocenters. The van der Waals surface area contributed by atoms with Crippen molar-refractivity contribution in [1.82, 2.24) is 4.90 Å². The van der Waals surface area contributed by atoms with Gasteiger partial charge in [-0.2, -0.15) is 0 Å². The molecule has 0 spiro atoms. The molecule has 1 aromatic carbocycles. The number of amides is 2. The van der Waals surface area contributed by atoms with Crippen LogP contribution in [0.1, 0.15) is 50.8 Å². The summed E-state index contributed by atoms with van der Waals surface area (Å²) in [6, 6.07) is 6.07. The summed E-state index contributed by atoms with van der Waals surface area (Å²) in [6.07, 6.45) is 2.19. The molecule has 2 amide bonds. The number of aryl methyl sites for hydroxylation is 2. The SMILES string of the molecule is CCCN1CCc2c(sc(NC(=O)Cc3ccc(C)cc3C)c2C(N)=O)C1.Cl. The topological polar surface area (TPSA) is 75.4 Å². The Bertz CT molecular complexity index is 879. The van der Waals surface area contributed by atoms with Crippen molar-refractivity contribution in [3.05, 3.63) is 50.9 Å². The van der Waals surface area contributed by atoms with E-state index < -0.39 is 5.91 Å². The van der Waals surface area contributed by atoms with Gasteiger partial charge in [0.1, 0.15) is 5.00 Å². The van der Waals surface area contributed by atoms with Crippen LogP contribution in [-0.2, 0) is 24.2 Å². The summed E-state index contributed by atoms with van der Waals surface area (Å²) in [4.78, 5) is 28.2. The van der Waals surface area contributed by atoms with E-state index in [1.807, 2.05) is 26.0 Å². The first-order valence-electron chi connectivity index (χ1n) is 9.41. The van der Waals surface area contributed by atoms with Crippen molar-refractivity contribution >= 4 is 40.6 Å². The average molecular weight is 422 g/mol. The van der Waals surface area contributed by atoms with Gasteiger partial charge in [0, 0.05) is 18.0 Å². The number of halogens is 1. The summed E-state index contributed by atoms with van der Waals surface area (Å²) in [7, 11) is 0. The van der Waals surface area contributed by atoms with Gasteiger partial charge in [-0.25, -0.2) is 0 Å². The fourth-order valence-electron chi connectivity index (χ4n) is 3.70. The molecule has 28 heavy (non-hydrogen) atoms. The highest BCUT2D eigenvalue weighted by Gasteiger charge is 2.27. The highest BCUT2D eigenvalue weighted by molar-refractivity contribution is 7.17. The van der Waals surface area contributed by atoms with E-state index in [4.69, 9.17) is 5.73 Å². The number of primary amides is 1. The Labute approximate surface area is 176 Å². The molecule has 152 valence electrons. The molecule has 1 aliphatic heterocycles. The van der Waals surface area contributed by atoms with Gasteiger partial charge in [0.2, 0.25) is 5.91 Å². The van der Waals surface area contributed by atoms with Crippen LogP contribution in [0.5, 0.6) is 0 Å². The summed E-state index contributed by atoms with van der Waals surface area (Å²) in [5.74, 6) is -0.577. The molecule has 3 rings (SSSR count). The minimum Gasteiger partial charge on any atom is -0.365 e. The second-order valence-corrected chi connectivity index (χ2v) is 8.36. The maximum Gasteiger partial charge on any atom is 0.251 e. The number of hydrogen-bond acceptors (Lipinski definition) is 4. The number of rotatable bonds is 6. The Morgan fingerprint density at radius 3 is 2.68 bits per heavy atom. The lowest BCUT2D eigenvalue weighted by molar-refractivity contribution is -0.115. The molecule has 3 N–H and O–H groups in total. The maximum atomic E-state index is 12.6. The van der Waals surface area contributed by atoms with Crippen LogP contribution in [0.25, 0.3) is 0 Å². The smallest absolute Gasteiger partial charge is 0.251 e. The van der Waals surface area contributed by atoms with Gasteiger partial charge in [-0.3, -0.25) is 14.5 Å². The van der Waals surface area contributed by atoms with Gasteiger partial charge in [-0.1, -0.05) is 30.7 Å². The Balaban J connectivity index is 0.00000280. The number of carbonyl (C=O) groups excluding carboxylic acids is 2. The Hall–Kier alpha value is -1.89. The second kappa shape index (κ2) is 9.54. The van der Waals surface area contributed by atoms with Crippen molar-refractivity contribution in [3.8, 4) is 0 Å². The van der Waals surface area contributed by atoms with Crippen LogP contribution < -0.4 is 11.1 Å². The van der Waals surface area contributed by atoms with Gasteiger partial charge in [0.05, 0.1) is 12.0 Å². The summed E-state index contributed by atoms with van der Waals surface area (Å²) >= 11 is 1.49. The fraction of sp³-hybridized carbons (Fsp3) is 0.429. The molecule has 0 aliphatic carbocycles. The molecule has 2 heterocycles. The largest absolute Gasteiger partial charge is 0.365 e. The Kier molecular flexibility index (Phi) is 7.63. The van der Waals surface area contributed by atoms with Crippen LogP contribution >= 0.6 is 23.7 Å². The third-order valence-electron chi connectivity index (χ3n) is 5.02. The number of benzene rings is 1. The molecule has 0 atom stereocenters. The van der Waals surface area contributed by atoms with Gasteiger partial charge in [0.15, 0.2) is 0 Å². The van der Waals surface area contributed by atoms with Crippen molar-refractivity contribution in [3.63, 3.8) is 0 Å². The lowest BCUT2D eigenvalue weighted by atomic mass is 10.0. The minimum atomic E-state index is -0.460. The third kappa shape index (κ3) is 4.93. The first-order valence-corrected chi connectivity index (χ1v) is 10.2. The normalized spacial score (nSPS) is 13.5. The van der Waals surface area contributed by atoms with Crippen molar-refractivity contribution < 1.29 is 9.59 Å². The van der Waals surface area contributed by atoms with Gasteiger partial charge >= 0.3 is 0 Å². The predicted molar refractivity (Wildman–Crippen MR) is 118 cm³/mol. The van der Waals surface area contributed by atoms with Crippen LogP contribution in [0.3, 0.4) is 0 Å². The van der Waals surface area contributed by atoms with E-state index in [-0.39, 0.29) is 24.7 Å².